The maximum Gasteiger partial charge on any atom is 0.173 e. The predicted molar refractivity (Wildman–Crippen MR) is 114 cm³/mol. The Balaban J connectivity index is 1.72. The Kier molecular flexibility index (Phi) is 6.57. The minimum atomic E-state index is -0.0373. The van der Waals surface area contributed by atoms with Gasteiger partial charge in [-0.1, -0.05) is 29.4 Å². The summed E-state index contributed by atoms with van der Waals surface area (Å²) in [5.41, 5.74) is 2.84. The third kappa shape index (κ3) is 4.65. The predicted octanol–water partition coefficient (Wildman–Crippen LogP) is 5.70. The summed E-state index contributed by atoms with van der Waals surface area (Å²) in [7, 11) is 1.58. The molecule has 28 heavy (non-hydrogen) atoms. The van der Waals surface area contributed by atoms with Crippen molar-refractivity contribution < 1.29 is 9.53 Å². The maximum atomic E-state index is 12.4. The number of aromatic nitrogens is 1. The van der Waals surface area contributed by atoms with Gasteiger partial charge in [0.2, 0.25) is 0 Å². The van der Waals surface area contributed by atoms with Crippen LogP contribution in [0.3, 0.4) is 0 Å². The van der Waals surface area contributed by atoms with E-state index in [0.717, 1.165) is 11.3 Å². The monoisotopic (exact) mass is 429 g/mol. The average Bonchev–Trinajstić information content (AvgIpc) is 3.10. The largest absolute Gasteiger partial charge is 0.497 e. The molecule has 0 bridgehead atoms. The van der Waals surface area contributed by atoms with Crippen molar-refractivity contribution in [3.8, 4) is 11.8 Å². The van der Waals surface area contributed by atoms with E-state index in [1.54, 1.807) is 37.4 Å². The molecule has 0 unspecified atom stereocenters. The molecular formula is C20H16ClN3O2S2. The third-order valence-corrected chi connectivity index (χ3v) is 6.06. The van der Waals surface area contributed by atoms with Gasteiger partial charge >= 0.3 is 0 Å². The fourth-order valence-corrected chi connectivity index (χ4v) is 4.34. The molecule has 0 fully saturated rings. The lowest BCUT2D eigenvalue weighted by Crippen LogP contribution is -2.02. The summed E-state index contributed by atoms with van der Waals surface area (Å²) in [6, 6.07) is 14.6. The second-order valence-electron chi connectivity index (χ2n) is 5.83. The Morgan fingerprint density at radius 3 is 2.75 bits per heavy atom. The first kappa shape index (κ1) is 20.2. The van der Waals surface area contributed by atoms with Crippen LogP contribution in [0.15, 0.2) is 47.5 Å². The van der Waals surface area contributed by atoms with E-state index < -0.39 is 0 Å². The summed E-state index contributed by atoms with van der Waals surface area (Å²) in [6.45, 7) is 1.95. The molecule has 0 aliphatic heterocycles. The Morgan fingerprint density at radius 2 is 2.07 bits per heavy atom. The Bertz CT molecular complexity index is 1040. The normalized spacial score (nSPS) is 10.4. The SMILES string of the molecule is COc1ccc(C(=O)CSc2nsc(Nc3cc(Cl)ccc3C)c2C#N)cc1. The van der Waals surface area contributed by atoms with E-state index in [1.165, 1.54) is 23.3 Å². The topological polar surface area (TPSA) is 75.0 Å². The molecule has 5 nitrogen and oxygen atoms in total. The number of aryl methyl sites for hydroxylation is 1. The molecule has 1 N–H and O–H groups in total. The van der Waals surface area contributed by atoms with Crippen molar-refractivity contribution in [2.24, 2.45) is 0 Å². The van der Waals surface area contributed by atoms with Gasteiger partial charge in [0.1, 0.15) is 27.4 Å². The number of carbonyl (C=O) groups excluding carboxylic acids is 1. The van der Waals surface area contributed by atoms with E-state index in [4.69, 9.17) is 16.3 Å². The quantitative estimate of drug-likeness (QED) is 0.383. The number of hydrogen-bond acceptors (Lipinski definition) is 7. The zero-order chi connectivity index (χ0) is 20.1. The number of halogens is 1. The number of methoxy groups -OCH3 is 1. The van der Waals surface area contributed by atoms with Crippen LogP contribution in [0.1, 0.15) is 21.5 Å². The van der Waals surface area contributed by atoms with Crippen molar-refractivity contribution in [3.05, 3.63) is 64.2 Å². The van der Waals surface area contributed by atoms with Gasteiger partial charge in [-0.3, -0.25) is 4.79 Å². The standard InChI is InChI=1S/C20H16ClN3O2S2/c1-12-3-6-14(21)9-17(12)23-19-16(10-22)20(24-28-19)27-11-18(25)13-4-7-15(26-2)8-5-13/h3-9,23H,11H2,1-2H3. The van der Waals surface area contributed by atoms with Gasteiger partial charge in [0.15, 0.2) is 5.78 Å². The van der Waals surface area contributed by atoms with Crippen LogP contribution >= 0.6 is 34.9 Å². The van der Waals surface area contributed by atoms with E-state index in [-0.39, 0.29) is 11.5 Å². The lowest BCUT2D eigenvalue weighted by atomic mass is 10.1. The fourth-order valence-electron chi connectivity index (χ4n) is 2.40. The number of benzene rings is 2. The number of carbonyl (C=O) groups is 1. The number of nitriles is 1. The number of ether oxygens (including phenoxy) is 1. The zero-order valence-electron chi connectivity index (χ0n) is 15.2. The van der Waals surface area contributed by atoms with E-state index in [2.05, 4.69) is 15.8 Å². The van der Waals surface area contributed by atoms with Gasteiger partial charge in [-0.2, -0.15) is 9.64 Å². The van der Waals surface area contributed by atoms with Gasteiger partial charge in [-0.05, 0) is 60.4 Å². The van der Waals surface area contributed by atoms with Gasteiger partial charge < -0.3 is 10.1 Å². The molecular weight excluding hydrogens is 414 g/mol. The van der Waals surface area contributed by atoms with Gasteiger partial charge in [0, 0.05) is 16.3 Å². The number of thioether (sulfide) groups is 1. The van der Waals surface area contributed by atoms with Crippen molar-refractivity contribution in [1.29, 1.82) is 5.26 Å². The molecule has 0 amide bonds. The van der Waals surface area contributed by atoms with E-state index >= 15 is 0 Å². The molecule has 2 aromatic carbocycles. The Morgan fingerprint density at radius 1 is 1.32 bits per heavy atom. The Hall–Kier alpha value is -2.53. The molecule has 0 aliphatic carbocycles. The van der Waals surface area contributed by atoms with Crippen molar-refractivity contribution in [1.82, 2.24) is 4.37 Å². The highest BCUT2D eigenvalue weighted by Crippen LogP contribution is 2.35. The molecule has 3 rings (SSSR count). The second kappa shape index (κ2) is 9.11. The number of nitrogens with one attached hydrogen (secondary N) is 1. The van der Waals surface area contributed by atoms with E-state index in [1.807, 2.05) is 19.1 Å². The van der Waals surface area contributed by atoms with E-state index in [9.17, 15) is 10.1 Å². The summed E-state index contributed by atoms with van der Waals surface area (Å²) in [5, 5.41) is 14.6. The number of rotatable bonds is 7. The second-order valence-corrected chi connectivity index (χ2v) is 8.00. The molecule has 0 saturated carbocycles. The van der Waals surface area contributed by atoms with Crippen LogP contribution in [-0.2, 0) is 0 Å². The minimum absolute atomic E-state index is 0.0373. The number of ketones is 1. The van der Waals surface area contributed by atoms with Gasteiger partial charge in [-0.25, -0.2) is 0 Å². The number of Topliss-reactive ketones (excluding diaryl/α,β-unsaturated/α-hetero) is 1. The first-order valence-electron chi connectivity index (χ1n) is 8.25. The highest BCUT2D eigenvalue weighted by Gasteiger charge is 2.17. The minimum Gasteiger partial charge on any atom is -0.497 e. The van der Waals surface area contributed by atoms with Crippen molar-refractivity contribution in [2.45, 2.75) is 11.9 Å². The molecule has 3 aromatic rings. The summed E-state index contributed by atoms with van der Waals surface area (Å²) >= 11 is 8.50. The van der Waals surface area contributed by atoms with Crippen LogP contribution in [-0.4, -0.2) is 23.0 Å². The Labute approximate surface area is 176 Å². The molecule has 0 aliphatic rings. The lowest BCUT2D eigenvalue weighted by molar-refractivity contribution is 0.102. The highest BCUT2D eigenvalue weighted by atomic mass is 35.5. The summed E-state index contributed by atoms with van der Waals surface area (Å²) in [5.74, 6) is 0.854. The molecule has 0 spiro atoms. The highest BCUT2D eigenvalue weighted by molar-refractivity contribution is 8.00. The maximum absolute atomic E-state index is 12.4. The first-order chi connectivity index (χ1) is 13.5. The third-order valence-electron chi connectivity index (χ3n) is 3.97. The summed E-state index contributed by atoms with van der Waals surface area (Å²) in [4.78, 5) is 12.4. The fraction of sp³-hybridized carbons (Fsp3) is 0.150. The van der Waals surface area contributed by atoms with Crippen LogP contribution in [0.2, 0.25) is 5.02 Å². The first-order valence-corrected chi connectivity index (χ1v) is 10.4. The molecule has 0 radical (unpaired) electrons. The number of hydrogen-bond donors (Lipinski definition) is 1. The van der Waals surface area contributed by atoms with Crippen molar-refractivity contribution in [3.63, 3.8) is 0 Å². The average molecular weight is 430 g/mol. The number of nitrogens with zero attached hydrogens (tertiary/aromatic N) is 2. The van der Waals surface area contributed by atoms with E-state index in [0.29, 0.717) is 31.9 Å². The van der Waals surface area contributed by atoms with Gasteiger partial charge in [0.25, 0.3) is 0 Å². The van der Waals surface area contributed by atoms with Crippen LogP contribution in [0.4, 0.5) is 10.7 Å². The van der Waals surface area contributed by atoms with Crippen LogP contribution < -0.4 is 10.1 Å². The molecule has 1 heterocycles. The zero-order valence-corrected chi connectivity index (χ0v) is 17.5. The molecule has 1 aromatic heterocycles. The van der Waals surface area contributed by atoms with Crippen molar-refractivity contribution >= 4 is 51.4 Å². The summed E-state index contributed by atoms with van der Waals surface area (Å²) < 4.78 is 9.44. The van der Waals surface area contributed by atoms with Gasteiger partial charge in [-0.15, -0.1) is 0 Å². The molecule has 0 atom stereocenters. The smallest absolute Gasteiger partial charge is 0.173 e. The molecule has 8 heteroatoms. The molecule has 0 saturated heterocycles. The summed E-state index contributed by atoms with van der Waals surface area (Å²) in [6.07, 6.45) is 0. The van der Waals surface area contributed by atoms with Gasteiger partial charge in [0.05, 0.1) is 12.9 Å². The van der Waals surface area contributed by atoms with Crippen LogP contribution in [0, 0.1) is 18.3 Å². The number of anilines is 2. The molecule has 142 valence electrons. The van der Waals surface area contributed by atoms with Crippen molar-refractivity contribution in [2.75, 3.05) is 18.2 Å². The van der Waals surface area contributed by atoms with Crippen LogP contribution in [0.25, 0.3) is 0 Å². The van der Waals surface area contributed by atoms with Crippen LogP contribution in [0.5, 0.6) is 5.75 Å². The lowest BCUT2D eigenvalue weighted by Gasteiger charge is -2.08.